The van der Waals surface area contributed by atoms with Gasteiger partial charge in [0.1, 0.15) is 23.9 Å². The zero-order valence-electron chi connectivity index (χ0n) is 15.7. The number of furan rings is 1. The lowest BCUT2D eigenvalue weighted by Crippen LogP contribution is -2.12. The van der Waals surface area contributed by atoms with Crippen LogP contribution in [0.2, 0.25) is 0 Å². The number of amides is 1. The largest absolute Gasteiger partial charge is 0.496 e. The fourth-order valence-corrected chi connectivity index (χ4v) is 2.76. The number of aliphatic hydroxyl groups is 1. The van der Waals surface area contributed by atoms with Gasteiger partial charge in [0.05, 0.1) is 24.7 Å². The van der Waals surface area contributed by atoms with Crippen LogP contribution in [0.4, 0.5) is 11.4 Å². The SMILES string of the molecule is COc1cc(NC(=O)c2ccc(OC)c([N+](=O)[O-])c2)ccc1-c1ccc(CO)o1. The molecule has 3 aromatic rings. The van der Waals surface area contributed by atoms with Gasteiger partial charge in [-0.3, -0.25) is 14.9 Å². The number of carbonyl (C=O) groups is 1. The molecule has 0 aliphatic carbocycles. The van der Waals surface area contributed by atoms with E-state index in [1.807, 2.05) is 0 Å². The van der Waals surface area contributed by atoms with Crippen molar-refractivity contribution < 1.29 is 28.7 Å². The lowest BCUT2D eigenvalue weighted by atomic mass is 10.1. The van der Waals surface area contributed by atoms with Crippen molar-refractivity contribution in [2.75, 3.05) is 19.5 Å². The zero-order chi connectivity index (χ0) is 21.0. The number of carbonyl (C=O) groups excluding carboxylic acids is 1. The van der Waals surface area contributed by atoms with Gasteiger partial charge in [-0.1, -0.05) is 0 Å². The van der Waals surface area contributed by atoms with Gasteiger partial charge in [0.25, 0.3) is 5.91 Å². The van der Waals surface area contributed by atoms with E-state index in [4.69, 9.17) is 19.0 Å². The van der Waals surface area contributed by atoms with E-state index in [9.17, 15) is 14.9 Å². The van der Waals surface area contributed by atoms with Gasteiger partial charge in [0.15, 0.2) is 5.75 Å². The molecule has 0 unspecified atom stereocenters. The van der Waals surface area contributed by atoms with Crippen LogP contribution < -0.4 is 14.8 Å². The highest BCUT2D eigenvalue weighted by Crippen LogP contribution is 2.34. The fraction of sp³-hybridized carbons (Fsp3) is 0.150. The number of rotatable bonds is 7. The van der Waals surface area contributed by atoms with Crippen LogP contribution in [0.3, 0.4) is 0 Å². The van der Waals surface area contributed by atoms with Gasteiger partial charge in [-0.05, 0) is 36.4 Å². The minimum absolute atomic E-state index is 0.0678. The van der Waals surface area contributed by atoms with Crippen LogP contribution in [0.5, 0.6) is 11.5 Å². The van der Waals surface area contributed by atoms with Gasteiger partial charge >= 0.3 is 5.69 Å². The van der Waals surface area contributed by atoms with Crippen molar-refractivity contribution in [3.8, 4) is 22.8 Å². The van der Waals surface area contributed by atoms with Crippen LogP contribution in [0.15, 0.2) is 52.9 Å². The molecular formula is C20H18N2O7. The van der Waals surface area contributed by atoms with Crippen molar-refractivity contribution in [3.05, 3.63) is 70.0 Å². The first-order valence-electron chi connectivity index (χ1n) is 8.48. The number of hydrogen-bond acceptors (Lipinski definition) is 7. The Hall–Kier alpha value is -3.85. The van der Waals surface area contributed by atoms with Gasteiger partial charge in [-0.25, -0.2) is 0 Å². The first-order valence-corrected chi connectivity index (χ1v) is 8.48. The number of benzene rings is 2. The second-order valence-corrected chi connectivity index (χ2v) is 5.94. The molecule has 3 rings (SSSR count). The molecule has 0 saturated carbocycles. The summed E-state index contributed by atoms with van der Waals surface area (Å²) in [5.74, 6) is 0.918. The molecule has 9 heteroatoms. The molecule has 0 fully saturated rings. The van der Waals surface area contributed by atoms with Crippen LogP contribution in [-0.4, -0.2) is 30.2 Å². The number of nitro benzene ring substituents is 1. The second kappa shape index (κ2) is 8.44. The minimum atomic E-state index is -0.614. The molecular weight excluding hydrogens is 380 g/mol. The highest BCUT2D eigenvalue weighted by Gasteiger charge is 2.19. The maximum Gasteiger partial charge on any atom is 0.311 e. The van der Waals surface area contributed by atoms with E-state index in [2.05, 4.69) is 5.32 Å². The minimum Gasteiger partial charge on any atom is -0.496 e. The first-order chi connectivity index (χ1) is 14.0. The number of nitrogens with zero attached hydrogens (tertiary/aromatic N) is 1. The predicted octanol–water partition coefficient (Wildman–Crippen LogP) is 3.62. The maximum absolute atomic E-state index is 12.5. The monoisotopic (exact) mass is 398 g/mol. The Morgan fingerprint density at radius 2 is 1.86 bits per heavy atom. The van der Waals surface area contributed by atoms with Crippen LogP contribution in [0.25, 0.3) is 11.3 Å². The maximum atomic E-state index is 12.5. The Balaban J connectivity index is 1.85. The van der Waals surface area contributed by atoms with Crippen molar-refractivity contribution in [1.29, 1.82) is 0 Å². The third kappa shape index (κ3) is 4.19. The highest BCUT2D eigenvalue weighted by molar-refractivity contribution is 6.05. The van der Waals surface area contributed by atoms with Crippen molar-refractivity contribution in [2.45, 2.75) is 6.61 Å². The Morgan fingerprint density at radius 1 is 1.10 bits per heavy atom. The molecule has 9 nitrogen and oxygen atoms in total. The molecule has 0 radical (unpaired) electrons. The summed E-state index contributed by atoms with van der Waals surface area (Å²) in [4.78, 5) is 23.1. The topological polar surface area (TPSA) is 124 Å². The normalized spacial score (nSPS) is 10.4. The average Bonchev–Trinajstić information content (AvgIpc) is 3.22. The molecule has 150 valence electrons. The number of hydrogen-bond donors (Lipinski definition) is 2. The lowest BCUT2D eigenvalue weighted by Gasteiger charge is -2.11. The van der Waals surface area contributed by atoms with E-state index in [0.29, 0.717) is 28.5 Å². The van der Waals surface area contributed by atoms with Gasteiger partial charge in [0.2, 0.25) is 0 Å². The number of aliphatic hydroxyl groups excluding tert-OH is 1. The smallest absolute Gasteiger partial charge is 0.311 e. The van der Waals surface area contributed by atoms with Gasteiger partial charge < -0.3 is 24.3 Å². The molecule has 0 spiro atoms. The van der Waals surface area contributed by atoms with Crippen molar-refractivity contribution in [1.82, 2.24) is 0 Å². The Labute approximate surface area is 165 Å². The van der Waals surface area contributed by atoms with Gasteiger partial charge in [-0.15, -0.1) is 0 Å². The van der Waals surface area contributed by atoms with E-state index in [0.717, 1.165) is 6.07 Å². The third-order valence-corrected chi connectivity index (χ3v) is 4.18. The van der Waals surface area contributed by atoms with E-state index in [1.165, 1.54) is 26.4 Å². The molecule has 0 aliphatic rings. The average molecular weight is 398 g/mol. The zero-order valence-corrected chi connectivity index (χ0v) is 15.7. The van der Waals surface area contributed by atoms with E-state index in [-0.39, 0.29) is 23.6 Å². The van der Waals surface area contributed by atoms with Crippen LogP contribution >= 0.6 is 0 Å². The van der Waals surface area contributed by atoms with Crippen LogP contribution in [0.1, 0.15) is 16.1 Å². The number of methoxy groups -OCH3 is 2. The Bertz CT molecular complexity index is 1060. The molecule has 2 N–H and O–H groups in total. The molecule has 1 heterocycles. The Kier molecular flexibility index (Phi) is 5.79. The summed E-state index contributed by atoms with van der Waals surface area (Å²) >= 11 is 0. The van der Waals surface area contributed by atoms with Gasteiger partial charge in [0, 0.05) is 23.4 Å². The first kappa shape index (κ1) is 19.9. The fourth-order valence-electron chi connectivity index (χ4n) is 2.76. The number of nitro groups is 1. The summed E-state index contributed by atoms with van der Waals surface area (Å²) in [5, 5.41) is 23.0. The van der Waals surface area contributed by atoms with Crippen molar-refractivity contribution >= 4 is 17.3 Å². The molecule has 0 saturated heterocycles. The van der Waals surface area contributed by atoms with Gasteiger partial charge in [-0.2, -0.15) is 0 Å². The van der Waals surface area contributed by atoms with Crippen LogP contribution in [0, 0.1) is 10.1 Å². The summed E-state index contributed by atoms with van der Waals surface area (Å²) in [6.07, 6.45) is 0. The van der Waals surface area contributed by atoms with E-state index >= 15 is 0 Å². The number of anilines is 1. The second-order valence-electron chi connectivity index (χ2n) is 5.94. The van der Waals surface area contributed by atoms with E-state index in [1.54, 1.807) is 30.3 Å². The Morgan fingerprint density at radius 3 is 2.48 bits per heavy atom. The quantitative estimate of drug-likeness (QED) is 0.460. The lowest BCUT2D eigenvalue weighted by molar-refractivity contribution is -0.385. The third-order valence-electron chi connectivity index (χ3n) is 4.18. The van der Waals surface area contributed by atoms with Crippen molar-refractivity contribution in [2.24, 2.45) is 0 Å². The summed E-state index contributed by atoms with van der Waals surface area (Å²) in [6, 6.07) is 12.3. The summed E-state index contributed by atoms with van der Waals surface area (Å²) in [6.45, 7) is -0.218. The molecule has 2 aromatic carbocycles. The summed E-state index contributed by atoms with van der Waals surface area (Å²) < 4.78 is 15.8. The van der Waals surface area contributed by atoms with E-state index < -0.39 is 10.8 Å². The number of nitrogens with one attached hydrogen (secondary N) is 1. The molecule has 0 atom stereocenters. The molecule has 1 amide bonds. The highest BCUT2D eigenvalue weighted by atomic mass is 16.6. The molecule has 0 bridgehead atoms. The molecule has 1 aromatic heterocycles. The molecule has 0 aliphatic heterocycles. The standard InChI is InChI=1S/C20H18N2O7/c1-27-18-7-3-12(9-16(18)22(25)26)20(24)21-13-4-6-15(19(10-13)28-2)17-8-5-14(11-23)29-17/h3-10,23H,11H2,1-2H3,(H,21,24). The summed E-state index contributed by atoms with van der Waals surface area (Å²) in [5.41, 5.74) is 0.887. The van der Waals surface area contributed by atoms with Crippen molar-refractivity contribution in [3.63, 3.8) is 0 Å². The molecule has 29 heavy (non-hydrogen) atoms. The number of ether oxygens (including phenoxy) is 2. The van der Waals surface area contributed by atoms with Crippen LogP contribution in [-0.2, 0) is 6.61 Å². The summed E-state index contributed by atoms with van der Waals surface area (Å²) in [7, 11) is 2.80. The predicted molar refractivity (Wildman–Crippen MR) is 104 cm³/mol.